The molecular formula is C15H18ClNO4. The average molecular weight is 312 g/mol. The molecule has 0 fully saturated rings. The Morgan fingerprint density at radius 3 is 2.67 bits per heavy atom. The minimum absolute atomic E-state index is 0.196. The average Bonchev–Trinajstić information content (AvgIpc) is 2.43. The molecular weight excluding hydrogens is 294 g/mol. The Morgan fingerprint density at radius 2 is 2.10 bits per heavy atom. The van der Waals surface area contributed by atoms with Gasteiger partial charge in [0.05, 0.1) is 12.5 Å². The summed E-state index contributed by atoms with van der Waals surface area (Å²) in [5, 5.41) is 0.203. The summed E-state index contributed by atoms with van der Waals surface area (Å²) in [6, 6.07) is 2.96. The molecule has 0 aliphatic rings. The molecule has 21 heavy (non-hydrogen) atoms. The largest absolute Gasteiger partial charge is 0.466 e. The van der Waals surface area contributed by atoms with E-state index in [1.807, 2.05) is 0 Å². The van der Waals surface area contributed by atoms with E-state index in [-0.39, 0.29) is 29.1 Å². The summed E-state index contributed by atoms with van der Waals surface area (Å²) < 4.78 is 4.81. The van der Waals surface area contributed by atoms with Gasteiger partial charge in [0.15, 0.2) is 5.78 Å². The molecule has 114 valence electrons. The number of ether oxygens (including phenoxy) is 1. The van der Waals surface area contributed by atoms with Crippen LogP contribution < -0.4 is 0 Å². The van der Waals surface area contributed by atoms with Gasteiger partial charge in [-0.05, 0) is 38.8 Å². The van der Waals surface area contributed by atoms with Gasteiger partial charge in [0.2, 0.25) is 0 Å². The van der Waals surface area contributed by atoms with Crippen LogP contribution in [0.1, 0.15) is 43.5 Å². The molecule has 6 heteroatoms. The van der Waals surface area contributed by atoms with Gasteiger partial charge >= 0.3 is 5.97 Å². The first kappa shape index (κ1) is 17.3. The molecule has 0 N–H and O–H groups in total. The molecule has 1 aromatic heterocycles. The Kier molecular flexibility index (Phi) is 7.02. The predicted molar refractivity (Wildman–Crippen MR) is 78.2 cm³/mol. The molecule has 1 heterocycles. The number of aromatic nitrogens is 1. The maximum absolute atomic E-state index is 12.3. The van der Waals surface area contributed by atoms with E-state index < -0.39 is 5.92 Å². The lowest BCUT2D eigenvalue weighted by molar-refractivity contribution is -0.143. The minimum Gasteiger partial charge on any atom is -0.466 e. The van der Waals surface area contributed by atoms with Crippen molar-refractivity contribution in [1.82, 2.24) is 4.98 Å². The summed E-state index contributed by atoms with van der Waals surface area (Å²) in [6.07, 6.45) is 2.36. The van der Waals surface area contributed by atoms with E-state index in [1.54, 1.807) is 6.92 Å². The van der Waals surface area contributed by atoms with Gasteiger partial charge in [-0.25, -0.2) is 4.98 Å². The quantitative estimate of drug-likeness (QED) is 0.319. The Labute approximate surface area is 128 Å². The summed E-state index contributed by atoms with van der Waals surface area (Å²) in [5.74, 6) is -1.61. The first-order valence-corrected chi connectivity index (χ1v) is 7.15. The molecule has 0 amide bonds. The second kappa shape index (κ2) is 8.52. The van der Waals surface area contributed by atoms with E-state index >= 15 is 0 Å². The van der Waals surface area contributed by atoms with Crippen molar-refractivity contribution < 1.29 is 19.1 Å². The molecule has 0 aromatic carbocycles. The van der Waals surface area contributed by atoms with Crippen LogP contribution in [0.2, 0.25) is 5.15 Å². The highest BCUT2D eigenvalue weighted by Crippen LogP contribution is 2.18. The first-order chi connectivity index (χ1) is 9.95. The second-order valence-electron chi connectivity index (χ2n) is 4.59. The van der Waals surface area contributed by atoms with Crippen molar-refractivity contribution in [2.75, 3.05) is 6.61 Å². The fourth-order valence-electron chi connectivity index (χ4n) is 1.96. The van der Waals surface area contributed by atoms with Gasteiger partial charge in [0.1, 0.15) is 10.9 Å². The van der Waals surface area contributed by atoms with Gasteiger partial charge in [-0.2, -0.15) is 0 Å². The minimum atomic E-state index is -0.766. The highest BCUT2D eigenvalue weighted by atomic mass is 35.5. The molecule has 1 aromatic rings. The van der Waals surface area contributed by atoms with Crippen LogP contribution >= 0.6 is 11.6 Å². The summed E-state index contributed by atoms with van der Waals surface area (Å²) >= 11 is 5.74. The fourth-order valence-corrected chi connectivity index (χ4v) is 2.13. The van der Waals surface area contributed by atoms with E-state index in [1.165, 1.54) is 25.3 Å². The van der Waals surface area contributed by atoms with Gasteiger partial charge in [-0.3, -0.25) is 14.4 Å². The molecule has 0 aliphatic carbocycles. The fraction of sp³-hybridized carbons (Fsp3) is 0.467. The van der Waals surface area contributed by atoms with Crippen molar-refractivity contribution >= 4 is 29.1 Å². The third-order valence-corrected chi connectivity index (χ3v) is 3.20. The van der Waals surface area contributed by atoms with Crippen LogP contribution in [0.4, 0.5) is 0 Å². The SMILES string of the molecule is CCOC(=O)CCCC(C(C)=O)C(=O)c1ccnc(Cl)c1. The van der Waals surface area contributed by atoms with E-state index in [9.17, 15) is 14.4 Å². The molecule has 1 rings (SSSR count). The van der Waals surface area contributed by atoms with Crippen LogP contribution in [0.5, 0.6) is 0 Å². The summed E-state index contributed by atoms with van der Waals surface area (Å²) in [7, 11) is 0. The number of rotatable bonds is 8. The van der Waals surface area contributed by atoms with Gasteiger partial charge in [0, 0.05) is 18.2 Å². The molecule has 0 saturated heterocycles. The number of carbonyl (C=O) groups excluding carboxylic acids is 3. The van der Waals surface area contributed by atoms with E-state index in [2.05, 4.69) is 4.98 Å². The van der Waals surface area contributed by atoms with Crippen molar-refractivity contribution in [3.8, 4) is 0 Å². The van der Waals surface area contributed by atoms with Crippen molar-refractivity contribution in [3.05, 3.63) is 29.0 Å². The number of hydrogen-bond acceptors (Lipinski definition) is 5. The van der Waals surface area contributed by atoms with Crippen LogP contribution in [-0.4, -0.2) is 29.1 Å². The summed E-state index contributed by atoms with van der Waals surface area (Å²) in [6.45, 7) is 3.42. The Bertz CT molecular complexity index is 530. The number of pyridine rings is 1. The van der Waals surface area contributed by atoms with Gasteiger partial charge in [-0.1, -0.05) is 11.6 Å². The van der Waals surface area contributed by atoms with Crippen molar-refractivity contribution in [2.24, 2.45) is 5.92 Å². The van der Waals surface area contributed by atoms with Gasteiger partial charge in [-0.15, -0.1) is 0 Å². The number of esters is 1. The van der Waals surface area contributed by atoms with Crippen LogP contribution in [0.25, 0.3) is 0 Å². The first-order valence-electron chi connectivity index (χ1n) is 6.77. The zero-order valence-corrected chi connectivity index (χ0v) is 12.9. The Balaban J connectivity index is 2.67. The highest BCUT2D eigenvalue weighted by Gasteiger charge is 2.24. The lowest BCUT2D eigenvalue weighted by Gasteiger charge is -2.12. The zero-order chi connectivity index (χ0) is 15.8. The number of ketones is 2. The van der Waals surface area contributed by atoms with Crippen LogP contribution in [0.3, 0.4) is 0 Å². The standard InChI is InChI=1S/C15H18ClNO4/c1-3-21-14(19)6-4-5-12(10(2)18)15(20)11-7-8-17-13(16)9-11/h7-9,12H,3-6H2,1-2H3. The molecule has 0 radical (unpaired) electrons. The second-order valence-corrected chi connectivity index (χ2v) is 4.98. The number of halogens is 1. The zero-order valence-electron chi connectivity index (χ0n) is 12.1. The molecule has 0 saturated carbocycles. The smallest absolute Gasteiger partial charge is 0.305 e. The molecule has 1 unspecified atom stereocenters. The predicted octanol–water partition coefficient (Wildman–Crippen LogP) is 2.86. The monoisotopic (exact) mass is 311 g/mol. The highest BCUT2D eigenvalue weighted by molar-refractivity contribution is 6.29. The third kappa shape index (κ3) is 5.63. The molecule has 0 aliphatic heterocycles. The van der Waals surface area contributed by atoms with Gasteiger partial charge < -0.3 is 4.74 Å². The Morgan fingerprint density at radius 1 is 1.38 bits per heavy atom. The normalized spacial score (nSPS) is 11.8. The van der Waals surface area contributed by atoms with Crippen LogP contribution in [0.15, 0.2) is 18.3 Å². The van der Waals surface area contributed by atoms with Gasteiger partial charge in [0.25, 0.3) is 0 Å². The number of carbonyl (C=O) groups is 3. The number of Topliss-reactive ketones (excluding diaryl/α,β-unsaturated/α-hetero) is 2. The third-order valence-electron chi connectivity index (χ3n) is 3.00. The lowest BCUT2D eigenvalue weighted by atomic mass is 9.90. The summed E-state index contributed by atoms with van der Waals surface area (Å²) in [4.78, 5) is 39.0. The van der Waals surface area contributed by atoms with E-state index in [4.69, 9.17) is 16.3 Å². The lowest BCUT2D eigenvalue weighted by Crippen LogP contribution is -2.22. The van der Waals surface area contributed by atoms with Crippen molar-refractivity contribution in [1.29, 1.82) is 0 Å². The molecule has 0 spiro atoms. The van der Waals surface area contributed by atoms with Crippen molar-refractivity contribution in [2.45, 2.75) is 33.1 Å². The van der Waals surface area contributed by atoms with Crippen LogP contribution in [-0.2, 0) is 14.3 Å². The molecule has 0 bridgehead atoms. The molecule has 1 atom stereocenters. The number of nitrogens with zero attached hydrogens (tertiary/aromatic N) is 1. The molecule has 5 nitrogen and oxygen atoms in total. The topological polar surface area (TPSA) is 73.3 Å². The maximum atomic E-state index is 12.3. The maximum Gasteiger partial charge on any atom is 0.305 e. The number of hydrogen-bond donors (Lipinski definition) is 0. The van der Waals surface area contributed by atoms with Crippen molar-refractivity contribution in [3.63, 3.8) is 0 Å². The van der Waals surface area contributed by atoms with E-state index in [0.717, 1.165) is 0 Å². The van der Waals surface area contributed by atoms with E-state index in [0.29, 0.717) is 25.0 Å². The van der Waals surface area contributed by atoms with Crippen LogP contribution in [0, 0.1) is 5.92 Å². The summed E-state index contributed by atoms with van der Waals surface area (Å²) in [5.41, 5.74) is 0.353. The Hall–Kier alpha value is -1.75.